The number of nitrogens with one attached hydrogen (secondary N) is 1. The standard InChI is InChI=1S/C14H22N2O/c1-3-17-13-8-5-9-15-14(13)16-12-7-4-6-11(2)10-12/h5,8-9,11-12H,3-4,6-7,10H2,1-2H3,(H,15,16). The summed E-state index contributed by atoms with van der Waals surface area (Å²) < 4.78 is 5.58. The van der Waals surface area contributed by atoms with Crippen molar-refractivity contribution in [3.63, 3.8) is 0 Å². The summed E-state index contributed by atoms with van der Waals surface area (Å²) in [6, 6.07) is 4.44. The molecule has 0 spiro atoms. The van der Waals surface area contributed by atoms with Crippen LogP contribution in [0.1, 0.15) is 39.5 Å². The van der Waals surface area contributed by atoms with Crippen molar-refractivity contribution in [2.45, 2.75) is 45.6 Å². The second-order valence-electron chi connectivity index (χ2n) is 4.90. The first-order valence-electron chi connectivity index (χ1n) is 6.64. The molecule has 1 saturated carbocycles. The van der Waals surface area contributed by atoms with Crippen LogP contribution in [0.3, 0.4) is 0 Å². The molecule has 1 fully saturated rings. The van der Waals surface area contributed by atoms with E-state index in [-0.39, 0.29) is 0 Å². The van der Waals surface area contributed by atoms with Gasteiger partial charge in [0.05, 0.1) is 6.61 Å². The summed E-state index contributed by atoms with van der Waals surface area (Å²) in [7, 11) is 0. The van der Waals surface area contributed by atoms with E-state index >= 15 is 0 Å². The third kappa shape index (κ3) is 3.35. The van der Waals surface area contributed by atoms with Crippen LogP contribution in [-0.2, 0) is 0 Å². The molecule has 0 amide bonds. The minimum Gasteiger partial charge on any atom is -0.490 e. The van der Waals surface area contributed by atoms with Gasteiger partial charge in [0.25, 0.3) is 0 Å². The van der Waals surface area contributed by atoms with Crippen molar-refractivity contribution < 1.29 is 4.74 Å². The number of hydrogen-bond acceptors (Lipinski definition) is 3. The number of hydrogen-bond donors (Lipinski definition) is 1. The summed E-state index contributed by atoms with van der Waals surface area (Å²) in [5, 5.41) is 3.53. The van der Waals surface area contributed by atoms with E-state index < -0.39 is 0 Å². The molecule has 0 radical (unpaired) electrons. The van der Waals surface area contributed by atoms with E-state index in [9.17, 15) is 0 Å². The monoisotopic (exact) mass is 234 g/mol. The lowest BCUT2D eigenvalue weighted by Gasteiger charge is -2.28. The molecule has 2 atom stereocenters. The molecule has 3 nitrogen and oxygen atoms in total. The van der Waals surface area contributed by atoms with Crippen molar-refractivity contribution in [2.24, 2.45) is 5.92 Å². The zero-order valence-corrected chi connectivity index (χ0v) is 10.8. The van der Waals surface area contributed by atoms with E-state index in [2.05, 4.69) is 17.2 Å². The van der Waals surface area contributed by atoms with Crippen LogP contribution in [0.2, 0.25) is 0 Å². The Labute approximate surface area is 104 Å². The van der Waals surface area contributed by atoms with Crippen molar-refractivity contribution in [3.05, 3.63) is 18.3 Å². The molecule has 0 saturated heterocycles. The fraction of sp³-hybridized carbons (Fsp3) is 0.643. The molecular weight excluding hydrogens is 212 g/mol. The average molecular weight is 234 g/mol. The molecule has 1 N–H and O–H groups in total. The van der Waals surface area contributed by atoms with Crippen molar-refractivity contribution in [1.29, 1.82) is 0 Å². The van der Waals surface area contributed by atoms with E-state index in [4.69, 9.17) is 4.74 Å². The smallest absolute Gasteiger partial charge is 0.168 e. The Hall–Kier alpha value is -1.25. The van der Waals surface area contributed by atoms with E-state index in [1.165, 1.54) is 25.7 Å². The maximum Gasteiger partial charge on any atom is 0.168 e. The number of anilines is 1. The molecule has 1 heterocycles. The zero-order chi connectivity index (χ0) is 12.1. The molecule has 94 valence electrons. The Bertz CT molecular complexity index is 354. The molecule has 0 bridgehead atoms. The summed E-state index contributed by atoms with van der Waals surface area (Å²) in [6.45, 7) is 5.01. The van der Waals surface area contributed by atoms with Crippen LogP contribution < -0.4 is 10.1 Å². The van der Waals surface area contributed by atoms with Gasteiger partial charge in [0.1, 0.15) is 0 Å². The van der Waals surface area contributed by atoms with Crippen molar-refractivity contribution in [2.75, 3.05) is 11.9 Å². The minimum absolute atomic E-state index is 0.549. The molecule has 2 rings (SSSR count). The average Bonchev–Trinajstić information content (AvgIpc) is 2.32. The van der Waals surface area contributed by atoms with Gasteiger partial charge in [0, 0.05) is 12.2 Å². The van der Waals surface area contributed by atoms with Gasteiger partial charge < -0.3 is 10.1 Å². The number of pyridine rings is 1. The van der Waals surface area contributed by atoms with Crippen molar-refractivity contribution in [3.8, 4) is 5.75 Å². The van der Waals surface area contributed by atoms with Crippen LogP contribution >= 0.6 is 0 Å². The van der Waals surface area contributed by atoms with Gasteiger partial charge in [-0.15, -0.1) is 0 Å². The highest BCUT2D eigenvalue weighted by atomic mass is 16.5. The van der Waals surface area contributed by atoms with Gasteiger partial charge in [0.2, 0.25) is 0 Å². The number of nitrogens with zero attached hydrogens (tertiary/aromatic N) is 1. The summed E-state index contributed by atoms with van der Waals surface area (Å²) in [4.78, 5) is 4.38. The van der Waals surface area contributed by atoms with Crippen molar-refractivity contribution >= 4 is 5.82 Å². The Morgan fingerprint density at radius 1 is 1.47 bits per heavy atom. The van der Waals surface area contributed by atoms with Gasteiger partial charge in [-0.1, -0.05) is 19.8 Å². The first-order chi connectivity index (χ1) is 8.29. The Kier molecular flexibility index (Phi) is 4.24. The van der Waals surface area contributed by atoms with Gasteiger partial charge in [-0.2, -0.15) is 0 Å². The predicted octanol–water partition coefficient (Wildman–Crippen LogP) is 3.47. The molecule has 1 aromatic heterocycles. The maximum atomic E-state index is 5.58. The molecular formula is C14H22N2O. The van der Waals surface area contributed by atoms with E-state index in [0.29, 0.717) is 12.6 Å². The predicted molar refractivity (Wildman–Crippen MR) is 70.4 cm³/mol. The fourth-order valence-electron chi connectivity index (χ4n) is 2.53. The van der Waals surface area contributed by atoms with Crippen LogP contribution in [0.4, 0.5) is 5.82 Å². The van der Waals surface area contributed by atoms with Gasteiger partial charge >= 0.3 is 0 Å². The third-order valence-electron chi connectivity index (χ3n) is 3.35. The summed E-state index contributed by atoms with van der Waals surface area (Å²) >= 11 is 0. The summed E-state index contributed by atoms with van der Waals surface area (Å²) in [5.74, 6) is 2.59. The molecule has 17 heavy (non-hydrogen) atoms. The van der Waals surface area contributed by atoms with Crippen LogP contribution in [0.25, 0.3) is 0 Å². The Morgan fingerprint density at radius 3 is 3.12 bits per heavy atom. The van der Waals surface area contributed by atoms with Crippen LogP contribution in [0.5, 0.6) is 5.75 Å². The van der Waals surface area contributed by atoms with Crippen molar-refractivity contribution in [1.82, 2.24) is 4.98 Å². The first-order valence-corrected chi connectivity index (χ1v) is 6.64. The number of ether oxygens (including phenoxy) is 1. The first kappa shape index (κ1) is 12.2. The van der Waals surface area contributed by atoms with Crippen LogP contribution in [0.15, 0.2) is 18.3 Å². The Morgan fingerprint density at radius 2 is 2.35 bits per heavy atom. The molecule has 1 aliphatic rings. The SMILES string of the molecule is CCOc1cccnc1NC1CCCC(C)C1. The largest absolute Gasteiger partial charge is 0.490 e. The highest BCUT2D eigenvalue weighted by Gasteiger charge is 2.19. The lowest BCUT2D eigenvalue weighted by molar-refractivity contribution is 0.335. The van der Waals surface area contributed by atoms with Crippen LogP contribution in [-0.4, -0.2) is 17.6 Å². The topological polar surface area (TPSA) is 34.1 Å². The maximum absolute atomic E-state index is 5.58. The van der Waals surface area contributed by atoms with Gasteiger partial charge in [-0.3, -0.25) is 0 Å². The third-order valence-corrected chi connectivity index (χ3v) is 3.35. The van der Waals surface area contributed by atoms with Gasteiger partial charge in [0.15, 0.2) is 11.6 Å². The summed E-state index contributed by atoms with van der Waals surface area (Å²) in [5.41, 5.74) is 0. The lowest BCUT2D eigenvalue weighted by Crippen LogP contribution is -2.26. The second kappa shape index (κ2) is 5.89. The second-order valence-corrected chi connectivity index (χ2v) is 4.90. The molecule has 2 unspecified atom stereocenters. The summed E-state index contributed by atoms with van der Waals surface area (Å²) in [6.07, 6.45) is 6.97. The number of aromatic nitrogens is 1. The molecule has 1 aliphatic carbocycles. The van der Waals surface area contributed by atoms with Gasteiger partial charge in [-0.25, -0.2) is 4.98 Å². The zero-order valence-electron chi connectivity index (χ0n) is 10.8. The normalized spacial score (nSPS) is 24.4. The highest BCUT2D eigenvalue weighted by molar-refractivity contribution is 5.50. The van der Waals surface area contributed by atoms with Gasteiger partial charge in [-0.05, 0) is 37.8 Å². The quantitative estimate of drug-likeness (QED) is 0.866. The minimum atomic E-state index is 0.549. The molecule has 0 aromatic carbocycles. The molecule has 1 aromatic rings. The van der Waals surface area contributed by atoms with E-state index in [0.717, 1.165) is 17.5 Å². The highest BCUT2D eigenvalue weighted by Crippen LogP contribution is 2.28. The lowest BCUT2D eigenvalue weighted by atomic mass is 9.87. The molecule has 3 heteroatoms. The Balaban J connectivity index is 2.01. The fourth-order valence-corrected chi connectivity index (χ4v) is 2.53. The number of rotatable bonds is 4. The molecule has 0 aliphatic heterocycles. The van der Waals surface area contributed by atoms with E-state index in [1.807, 2.05) is 25.3 Å². The van der Waals surface area contributed by atoms with Crippen LogP contribution in [0, 0.1) is 5.92 Å². The van der Waals surface area contributed by atoms with E-state index in [1.54, 1.807) is 0 Å².